The molecule has 3 aromatic rings. The summed E-state index contributed by atoms with van der Waals surface area (Å²) in [5.41, 5.74) is 3.40. The Balaban J connectivity index is 1.25. The van der Waals surface area contributed by atoms with Crippen LogP contribution in [0.4, 0.5) is 0 Å². The van der Waals surface area contributed by atoms with Crippen molar-refractivity contribution in [2.24, 2.45) is 0 Å². The molecule has 0 bridgehead atoms. The third-order valence-corrected chi connectivity index (χ3v) is 5.36. The van der Waals surface area contributed by atoms with Crippen LogP contribution < -0.4 is 4.74 Å². The van der Waals surface area contributed by atoms with Gasteiger partial charge >= 0.3 is 0 Å². The number of carbonyl (C=O) groups is 1. The highest BCUT2D eigenvalue weighted by atomic mass is 16.5. The van der Waals surface area contributed by atoms with Crippen molar-refractivity contribution in [1.29, 1.82) is 0 Å². The molecule has 1 saturated heterocycles. The highest BCUT2D eigenvalue weighted by Crippen LogP contribution is 2.31. The summed E-state index contributed by atoms with van der Waals surface area (Å²) in [4.78, 5) is 30.6. The molecule has 2 aliphatic rings. The normalized spacial score (nSPS) is 19.7. The fourth-order valence-electron chi connectivity index (χ4n) is 3.71. The van der Waals surface area contributed by atoms with Crippen molar-refractivity contribution in [3.05, 3.63) is 54.3 Å². The van der Waals surface area contributed by atoms with Crippen molar-refractivity contribution in [2.75, 3.05) is 13.1 Å². The monoisotopic (exact) mass is 391 g/mol. The zero-order valence-electron chi connectivity index (χ0n) is 15.8. The van der Waals surface area contributed by atoms with E-state index in [1.807, 2.05) is 30.3 Å². The summed E-state index contributed by atoms with van der Waals surface area (Å²) in [7, 11) is 0. The molecular weight excluding hydrogens is 370 g/mol. The lowest BCUT2D eigenvalue weighted by molar-refractivity contribution is 0.0149. The Morgan fingerprint density at radius 2 is 2.03 bits per heavy atom. The van der Waals surface area contributed by atoms with E-state index in [4.69, 9.17) is 4.74 Å². The lowest BCUT2D eigenvalue weighted by Gasteiger charge is -2.38. The van der Waals surface area contributed by atoms with Gasteiger partial charge in [-0.3, -0.25) is 4.79 Å². The molecule has 1 aromatic carbocycles. The van der Waals surface area contributed by atoms with Gasteiger partial charge in [-0.15, -0.1) is 0 Å². The number of H-pyrrole nitrogens is 1. The summed E-state index contributed by atoms with van der Waals surface area (Å²) in [6.45, 7) is 0.952. The molecule has 2 aromatic heterocycles. The summed E-state index contributed by atoms with van der Waals surface area (Å²) in [5, 5.41) is 9.70. The van der Waals surface area contributed by atoms with E-state index in [-0.39, 0.29) is 18.1 Å². The van der Waals surface area contributed by atoms with Gasteiger partial charge in [0.1, 0.15) is 11.8 Å². The Labute approximate surface area is 167 Å². The van der Waals surface area contributed by atoms with Gasteiger partial charge in [-0.25, -0.2) is 15.0 Å². The molecule has 8 nitrogen and oxygen atoms in total. The van der Waals surface area contributed by atoms with Crippen LogP contribution in [0.15, 0.2) is 42.7 Å². The van der Waals surface area contributed by atoms with Crippen molar-refractivity contribution in [3.63, 3.8) is 0 Å². The molecule has 0 saturated carbocycles. The van der Waals surface area contributed by atoms with Crippen molar-refractivity contribution in [3.8, 4) is 5.88 Å². The van der Waals surface area contributed by atoms with Gasteiger partial charge in [0.05, 0.1) is 30.2 Å². The van der Waals surface area contributed by atoms with E-state index in [1.54, 1.807) is 17.3 Å². The molecule has 5 rings (SSSR count). The highest BCUT2D eigenvalue weighted by Gasteiger charge is 2.35. The number of allylic oxidation sites excluding steroid dienone is 1. The van der Waals surface area contributed by atoms with E-state index in [1.165, 1.54) is 0 Å². The van der Waals surface area contributed by atoms with Crippen LogP contribution in [0.3, 0.4) is 0 Å². The molecule has 1 aliphatic heterocycles. The maximum absolute atomic E-state index is 12.7. The molecule has 29 heavy (non-hydrogen) atoms. The number of carbonyl (C=O) groups excluding carboxylic acids is 1. The Morgan fingerprint density at radius 3 is 2.83 bits per heavy atom. The van der Waals surface area contributed by atoms with Gasteiger partial charge in [-0.2, -0.15) is 0 Å². The van der Waals surface area contributed by atoms with Crippen LogP contribution in [-0.4, -0.2) is 61.1 Å². The third-order valence-electron chi connectivity index (χ3n) is 5.36. The fraction of sp³-hybridized carbons (Fsp3) is 0.333. The number of fused-ring (bicyclic) bond motifs is 1. The quantitative estimate of drug-likeness (QED) is 0.706. The predicted octanol–water partition coefficient (Wildman–Crippen LogP) is 2.18. The molecule has 1 amide bonds. The molecule has 3 heterocycles. The second-order valence-electron chi connectivity index (χ2n) is 7.42. The maximum atomic E-state index is 12.7. The number of hydrogen-bond acceptors (Lipinski definition) is 6. The number of benzene rings is 1. The second kappa shape index (κ2) is 7.29. The number of hydrogen-bond donors (Lipinski definition) is 2. The van der Waals surface area contributed by atoms with Crippen molar-refractivity contribution >= 4 is 22.5 Å². The number of aliphatic hydroxyl groups excluding tert-OH is 1. The van der Waals surface area contributed by atoms with E-state index < -0.39 is 0 Å². The average Bonchev–Trinajstić information content (AvgIpc) is 3.15. The molecule has 0 radical (unpaired) electrons. The number of aromatic nitrogens is 4. The van der Waals surface area contributed by atoms with Crippen LogP contribution in [-0.2, 0) is 0 Å². The van der Waals surface area contributed by atoms with E-state index in [0.29, 0.717) is 37.6 Å². The Morgan fingerprint density at radius 1 is 1.21 bits per heavy atom. The lowest BCUT2D eigenvalue weighted by Crippen LogP contribution is -2.56. The third kappa shape index (κ3) is 3.47. The topological polar surface area (TPSA) is 104 Å². The van der Waals surface area contributed by atoms with E-state index in [9.17, 15) is 9.90 Å². The highest BCUT2D eigenvalue weighted by molar-refractivity contribution is 5.94. The number of nitrogens with zero attached hydrogens (tertiary/aromatic N) is 4. The Bertz CT molecular complexity index is 1050. The lowest BCUT2D eigenvalue weighted by atomic mass is 9.95. The molecular formula is C21H21N5O3. The summed E-state index contributed by atoms with van der Waals surface area (Å²) in [5.74, 6) is 0.691. The van der Waals surface area contributed by atoms with Gasteiger partial charge in [0.25, 0.3) is 5.91 Å². The molecule has 148 valence electrons. The van der Waals surface area contributed by atoms with Crippen molar-refractivity contribution in [2.45, 2.75) is 31.5 Å². The van der Waals surface area contributed by atoms with Gasteiger partial charge in [0.2, 0.25) is 5.88 Å². The average molecular weight is 391 g/mol. The predicted molar refractivity (Wildman–Crippen MR) is 106 cm³/mol. The standard InChI is InChI=1S/C21H21N5O3/c27-14-7-5-13(6-8-14)18-20(23-10-9-22-18)29-15-11-26(12-15)21(28)19-24-16-3-1-2-4-17(16)25-19/h1-5,9-10,14-15,27H,6-8,11-12H2,(H,24,25). The number of nitrogens with one attached hydrogen (secondary N) is 1. The number of para-hydroxylation sites is 2. The Kier molecular flexibility index (Phi) is 4.48. The van der Waals surface area contributed by atoms with Gasteiger partial charge < -0.3 is 19.7 Å². The van der Waals surface area contributed by atoms with Gasteiger partial charge in [0, 0.05) is 12.4 Å². The SMILES string of the molecule is O=C(c1nc2ccccc2[nH]1)N1CC(Oc2nccnc2C2=CCC(O)CC2)C1. The molecule has 1 unspecified atom stereocenters. The molecule has 8 heteroatoms. The zero-order chi connectivity index (χ0) is 19.8. The first-order chi connectivity index (χ1) is 14.2. The van der Waals surface area contributed by atoms with Gasteiger partial charge in [-0.1, -0.05) is 18.2 Å². The number of ether oxygens (including phenoxy) is 1. The number of imidazole rings is 1. The summed E-state index contributed by atoms with van der Waals surface area (Å²) in [6.07, 6.45) is 6.91. The maximum Gasteiger partial charge on any atom is 0.289 e. The van der Waals surface area contributed by atoms with Crippen LogP contribution in [0.1, 0.15) is 35.6 Å². The molecule has 0 spiro atoms. The minimum absolute atomic E-state index is 0.131. The number of likely N-dealkylation sites (tertiary alicyclic amines) is 1. The second-order valence-corrected chi connectivity index (χ2v) is 7.42. The number of aromatic amines is 1. The van der Waals surface area contributed by atoms with Crippen LogP contribution in [0.25, 0.3) is 16.6 Å². The molecule has 2 N–H and O–H groups in total. The van der Waals surface area contributed by atoms with E-state index in [2.05, 4.69) is 19.9 Å². The minimum atomic E-state index is -0.288. The summed E-state index contributed by atoms with van der Waals surface area (Å²) >= 11 is 0. The summed E-state index contributed by atoms with van der Waals surface area (Å²) < 4.78 is 6.04. The van der Waals surface area contributed by atoms with Crippen LogP contribution >= 0.6 is 0 Å². The first kappa shape index (κ1) is 17.8. The molecule has 1 fully saturated rings. The van der Waals surface area contributed by atoms with Crippen LogP contribution in [0, 0.1) is 0 Å². The Hall–Kier alpha value is -3.26. The van der Waals surface area contributed by atoms with E-state index >= 15 is 0 Å². The van der Waals surface area contributed by atoms with Crippen LogP contribution in [0.2, 0.25) is 0 Å². The largest absolute Gasteiger partial charge is 0.469 e. The van der Waals surface area contributed by atoms with Gasteiger partial charge in [-0.05, 0) is 37.0 Å². The van der Waals surface area contributed by atoms with Crippen molar-refractivity contribution < 1.29 is 14.6 Å². The fourth-order valence-corrected chi connectivity index (χ4v) is 3.71. The van der Waals surface area contributed by atoms with E-state index in [0.717, 1.165) is 28.7 Å². The summed E-state index contributed by atoms with van der Waals surface area (Å²) in [6, 6.07) is 7.57. The first-order valence-electron chi connectivity index (χ1n) is 9.76. The number of rotatable bonds is 4. The minimum Gasteiger partial charge on any atom is -0.469 e. The van der Waals surface area contributed by atoms with Gasteiger partial charge in [0.15, 0.2) is 5.82 Å². The van der Waals surface area contributed by atoms with Crippen LogP contribution in [0.5, 0.6) is 5.88 Å². The first-order valence-corrected chi connectivity index (χ1v) is 9.76. The van der Waals surface area contributed by atoms with Crippen molar-refractivity contribution in [1.82, 2.24) is 24.8 Å². The molecule has 1 atom stereocenters. The zero-order valence-corrected chi connectivity index (χ0v) is 15.8. The number of amides is 1. The number of aliphatic hydroxyl groups is 1. The smallest absolute Gasteiger partial charge is 0.289 e. The molecule has 1 aliphatic carbocycles.